The molecule has 0 aliphatic carbocycles. The number of imidazole rings is 1. The molecule has 2 aromatic heterocycles. The van der Waals surface area contributed by atoms with E-state index in [2.05, 4.69) is 40.1 Å². The molecule has 0 saturated carbocycles. The lowest BCUT2D eigenvalue weighted by atomic mass is 10.2. The monoisotopic (exact) mass is 223 g/mol. The van der Waals surface area contributed by atoms with E-state index in [1.807, 2.05) is 24.5 Å². The molecule has 3 heteroatoms. The number of aromatic nitrogens is 3. The number of hydrogen-bond acceptors (Lipinski definition) is 2. The molecule has 0 radical (unpaired) electrons. The molecular weight excluding hydrogens is 210 g/mol. The molecule has 0 spiro atoms. The quantitative estimate of drug-likeness (QED) is 0.725. The highest BCUT2D eigenvalue weighted by Gasteiger charge is 2.03. The van der Waals surface area contributed by atoms with Crippen LogP contribution in [0.25, 0.3) is 11.0 Å². The van der Waals surface area contributed by atoms with Crippen LogP contribution in [-0.4, -0.2) is 15.0 Å². The smallest absolute Gasteiger partial charge is 0.111 e. The second-order valence-electron chi connectivity index (χ2n) is 4.24. The molecule has 0 fully saturated rings. The first-order valence-corrected chi connectivity index (χ1v) is 5.65. The number of benzene rings is 1. The molecule has 17 heavy (non-hydrogen) atoms. The van der Waals surface area contributed by atoms with Crippen molar-refractivity contribution in [3.63, 3.8) is 0 Å². The number of fused-ring (bicyclic) bond motifs is 1. The topological polar surface area (TPSA) is 41.6 Å². The number of aromatic amines is 1. The second kappa shape index (κ2) is 4.01. The van der Waals surface area contributed by atoms with Gasteiger partial charge in [-0.15, -0.1) is 0 Å². The highest BCUT2D eigenvalue weighted by molar-refractivity contribution is 5.75. The van der Waals surface area contributed by atoms with Gasteiger partial charge in [-0.25, -0.2) is 4.98 Å². The number of rotatable bonds is 2. The largest absolute Gasteiger partial charge is 0.342 e. The van der Waals surface area contributed by atoms with E-state index >= 15 is 0 Å². The van der Waals surface area contributed by atoms with Crippen LogP contribution in [0.5, 0.6) is 0 Å². The van der Waals surface area contributed by atoms with Crippen LogP contribution in [0.1, 0.15) is 17.0 Å². The summed E-state index contributed by atoms with van der Waals surface area (Å²) in [5, 5.41) is 0. The van der Waals surface area contributed by atoms with Crippen molar-refractivity contribution in [1.82, 2.24) is 15.0 Å². The maximum absolute atomic E-state index is 4.57. The van der Waals surface area contributed by atoms with Gasteiger partial charge in [0.25, 0.3) is 0 Å². The highest BCUT2D eigenvalue weighted by atomic mass is 14.9. The molecule has 1 N–H and O–H groups in total. The average molecular weight is 223 g/mol. The maximum Gasteiger partial charge on any atom is 0.111 e. The molecule has 3 nitrogen and oxygen atoms in total. The molecule has 0 atom stereocenters. The number of nitrogens with zero attached hydrogens (tertiary/aromatic N) is 2. The van der Waals surface area contributed by atoms with Gasteiger partial charge in [-0.1, -0.05) is 6.07 Å². The fourth-order valence-corrected chi connectivity index (χ4v) is 1.95. The number of H-pyrrole nitrogens is 1. The van der Waals surface area contributed by atoms with Crippen LogP contribution in [0, 0.1) is 6.92 Å². The molecule has 2 heterocycles. The molecule has 0 bridgehead atoms. The van der Waals surface area contributed by atoms with Gasteiger partial charge >= 0.3 is 0 Å². The number of nitrogens with one attached hydrogen (secondary N) is 1. The summed E-state index contributed by atoms with van der Waals surface area (Å²) in [4.78, 5) is 11.9. The Labute approximate surface area is 99.5 Å². The molecule has 0 saturated heterocycles. The SMILES string of the molecule is Cc1ccc2nc(Cc3ccncc3)[nH]c2c1. The lowest BCUT2D eigenvalue weighted by Crippen LogP contribution is -1.90. The van der Waals surface area contributed by atoms with E-state index in [1.165, 1.54) is 11.1 Å². The van der Waals surface area contributed by atoms with Crippen molar-refractivity contribution in [2.24, 2.45) is 0 Å². The Kier molecular flexibility index (Phi) is 2.37. The van der Waals surface area contributed by atoms with Crippen molar-refractivity contribution in [3.8, 4) is 0 Å². The molecule has 0 aliphatic heterocycles. The van der Waals surface area contributed by atoms with E-state index in [0.717, 1.165) is 23.3 Å². The third-order valence-corrected chi connectivity index (χ3v) is 2.81. The average Bonchev–Trinajstić information content (AvgIpc) is 2.71. The van der Waals surface area contributed by atoms with Crippen LogP contribution >= 0.6 is 0 Å². The zero-order valence-electron chi connectivity index (χ0n) is 9.64. The molecule has 84 valence electrons. The minimum absolute atomic E-state index is 0.816. The molecule has 0 aliphatic rings. The lowest BCUT2D eigenvalue weighted by Gasteiger charge is -1.95. The van der Waals surface area contributed by atoms with Crippen molar-refractivity contribution in [2.45, 2.75) is 13.3 Å². The summed E-state index contributed by atoms with van der Waals surface area (Å²) in [6, 6.07) is 10.3. The minimum atomic E-state index is 0.816. The summed E-state index contributed by atoms with van der Waals surface area (Å²) in [5.74, 6) is 0.997. The molecule has 1 aromatic carbocycles. The number of hydrogen-bond donors (Lipinski definition) is 1. The summed E-state index contributed by atoms with van der Waals surface area (Å²) in [6.45, 7) is 2.09. The fraction of sp³-hybridized carbons (Fsp3) is 0.143. The van der Waals surface area contributed by atoms with Gasteiger partial charge in [0.15, 0.2) is 0 Å². The third-order valence-electron chi connectivity index (χ3n) is 2.81. The second-order valence-corrected chi connectivity index (χ2v) is 4.24. The van der Waals surface area contributed by atoms with Crippen LogP contribution in [0.3, 0.4) is 0 Å². The van der Waals surface area contributed by atoms with Crippen molar-refractivity contribution >= 4 is 11.0 Å². The van der Waals surface area contributed by atoms with E-state index in [4.69, 9.17) is 0 Å². The van der Waals surface area contributed by atoms with Crippen LogP contribution < -0.4 is 0 Å². The summed E-state index contributed by atoms with van der Waals surface area (Å²) >= 11 is 0. The first kappa shape index (κ1) is 10.0. The van der Waals surface area contributed by atoms with E-state index in [1.54, 1.807) is 0 Å². The fourth-order valence-electron chi connectivity index (χ4n) is 1.95. The van der Waals surface area contributed by atoms with Gasteiger partial charge < -0.3 is 4.98 Å². The number of aryl methyl sites for hydroxylation is 1. The van der Waals surface area contributed by atoms with Crippen LogP contribution in [-0.2, 0) is 6.42 Å². The van der Waals surface area contributed by atoms with Gasteiger partial charge in [-0.05, 0) is 42.3 Å². The summed E-state index contributed by atoms with van der Waals surface area (Å²) in [6.07, 6.45) is 4.43. The third kappa shape index (κ3) is 2.04. The predicted molar refractivity (Wildman–Crippen MR) is 67.9 cm³/mol. The zero-order valence-corrected chi connectivity index (χ0v) is 9.64. The maximum atomic E-state index is 4.57. The van der Waals surface area contributed by atoms with Crippen molar-refractivity contribution in [2.75, 3.05) is 0 Å². The minimum Gasteiger partial charge on any atom is -0.342 e. The van der Waals surface area contributed by atoms with E-state index < -0.39 is 0 Å². The van der Waals surface area contributed by atoms with Crippen molar-refractivity contribution < 1.29 is 0 Å². The first-order valence-electron chi connectivity index (χ1n) is 5.65. The van der Waals surface area contributed by atoms with E-state index in [0.29, 0.717) is 0 Å². The Balaban J connectivity index is 1.96. The number of pyridine rings is 1. The van der Waals surface area contributed by atoms with Gasteiger partial charge in [0, 0.05) is 18.8 Å². The Hall–Kier alpha value is -2.16. The highest BCUT2D eigenvalue weighted by Crippen LogP contribution is 2.15. The Bertz CT molecular complexity index is 641. The van der Waals surface area contributed by atoms with Crippen LogP contribution in [0.4, 0.5) is 0 Å². The first-order chi connectivity index (χ1) is 8.31. The molecule has 0 amide bonds. The summed E-state index contributed by atoms with van der Waals surface area (Å²) in [7, 11) is 0. The zero-order chi connectivity index (χ0) is 11.7. The Morgan fingerprint density at radius 2 is 1.94 bits per heavy atom. The molecule has 0 unspecified atom stereocenters. The van der Waals surface area contributed by atoms with Gasteiger partial charge in [0.1, 0.15) is 5.82 Å². The van der Waals surface area contributed by atoms with Gasteiger partial charge in [0.2, 0.25) is 0 Å². The van der Waals surface area contributed by atoms with Crippen LogP contribution in [0.2, 0.25) is 0 Å². The standard InChI is InChI=1S/C14H13N3/c1-10-2-3-12-13(8-10)17-14(16-12)9-11-4-6-15-7-5-11/h2-8H,9H2,1H3,(H,16,17). The molecular formula is C14H13N3. The van der Waals surface area contributed by atoms with Crippen molar-refractivity contribution in [1.29, 1.82) is 0 Å². The normalized spacial score (nSPS) is 10.9. The van der Waals surface area contributed by atoms with E-state index in [9.17, 15) is 0 Å². The molecule has 3 rings (SSSR count). The Morgan fingerprint density at radius 1 is 1.12 bits per heavy atom. The Morgan fingerprint density at radius 3 is 2.76 bits per heavy atom. The van der Waals surface area contributed by atoms with E-state index in [-0.39, 0.29) is 0 Å². The van der Waals surface area contributed by atoms with Crippen molar-refractivity contribution in [3.05, 3.63) is 59.7 Å². The summed E-state index contributed by atoms with van der Waals surface area (Å²) in [5.41, 5.74) is 4.60. The van der Waals surface area contributed by atoms with Gasteiger partial charge in [0.05, 0.1) is 11.0 Å². The lowest BCUT2D eigenvalue weighted by molar-refractivity contribution is 1.03. The summed E-state index contributed by atoms with van der Waals surface area (Å²) < 4.78 is 0. The van der Waals surface area contributed by atoms with Gasteiger partial charge in [-0.3, -0.25) is 4.98 Å². The molecule has 3 aromatic rings. The van der Waals surface area contributed by atoms with Crippen LogP contribution in [0.15, 0.2) is 42.7 Å². The van der Waals surface area contributed by atoms with Gasteiger partial charge in [-0.2, -0.15) is 0 Å². The predicted octanol–water partition coefficient (Wildman–Crippen LogP) is 2.86.